The smallest absolute Gasteiger partial charge is 0.334 e. The Morgan fingerprint density at radius 1 is 0.875 bits per heavy atom. The number of rotatable bonds is 19. The summed E-state index contributed by atoms with van der Waals surface area (Å²) in [6.07, 6.45) is 3.66. The predicted octanol–water partition coefficient (Wildman–Crippen LogP) is 5.03. The molecule has 0 unspecified atom stereocenters. The molecule has 8 nitrogen and oxygen atoms in total. The first-order valence-corrected chi connectivity index (χ1v) is 12.3. The van der Waals surface area contributed by atoms with Gasteiger partial charge in [-0.1, -0.05) is 41.0 Å². The molecular formula is C24H44N4O4. The second-order valence-electron chi connectivity index (χ2n) is 7.81. The first kappa shape index (κ1) is 28.0. The van der Waals surface area contributed by atoms with Gasteiger partial charge in [-0.15, -0.1) is 0 Å². The lowest BCUT2D eigenvalue weighted by Crippen LogP contribution is -2.25. The summed E-state index contributed by atoms with van der Waals surface area (Å²) in [5.74, 6) is 0.877. The Hall–Kier alpha value is -2.06. The molecule has 0 aromatic heterocycles. The van der Waals surface area contributed by atoms with Gasteiger partial charge in [-0.2, -0.15) is 0 Å². The number of nitro benzene ring substituents is 1. The number of unbranched alkanes of at least 4 members (excludes halogenated alkanes) is 1. The number of ether oxygens (including phenoxy) is 2. The zero-order valence-electron chi connectivity index (χ0n) is 20.8. The van der Waals surface area contributed by atoms with Crippen LogP contribution < -0.4 is 14.8 Å². The molecule has 0 spiro atoms. The number of nitrogens with zero attached hydrogens (tertiary/aromatic N) is 3. The van der Waals surface area contributed by atoms with Crippen molar-refractivity contribution < 1.29 is 14.4 Å². The van der Waals surface area contributed by atoms with Crippen LogP contribution in [0.25, 0.3) is 0 Å². The third-order valence-corrected chi connectivity index (χ3v) is 5.63. The van der Waals surface area contributed by atoms with E-state index in [0.717, 1.165) is 65.0 Å². The van der Waals surface area contributed by atoms with Crippen LogP contribution in [-0.2, 0) is 0 Å². The zero-order chi connectivity index (χ0) is 23.8. The van der Waals surface area contributed by atoms with Gasteiger partial charge in [0, 0.05) is 31.8 Å². The van der Waals surface area contributed by atoms with Crippen molar-refractivity contribution in [2.24, 2.45) is 0 Å². The van der Waals surface area contributed by atoms with E-state index in [0.29, 0.717) is 31.2 Å². The summed E-state index contributed by atoms with van der Waals surface area (Å²) in [6.45, 7) is 18.2. The highest BCUT2D eigenvalue weighted by atomic mass is 16.6. The molecule has 0 amide bonds. The summed E-state index contributed by atoms with van der Waals surface area (Å²) in [4.78, 5) is 16.1. The molecule has 0 heterocycles. The molecule has 0 aliphatic rings. The second kappa shape index (κ2) is 16.6. The molecule has 0 atom stereocenters. The maximum atomic E-state index is 11.9. The Kier molecular flexibility index (Phi) is 14.5. The van der Waals surface area contributed by atoms with E-state index in [1.54, 1.807) is 12.1 Å². The van der Waals surface area contributed by atoms with Crippen molar-refractivity contribution >= 4 is 11.4 Å². The van der Waals surface area contributed by atoms with Crippen LogP contribution in [0.15, 0.2) is 12.1 Å². The summed E-state index contributed by atoms with van der Waals surface area (Å²) in [5.41, 5.74) is 0.447. The highest BCUT2D eigenvalue weighted by Gasteiger charge is 2.23. The molecule has 0 aliphatic heterocycles. The van der Waals surface area contributed by atoms with E-state index < -0.39 is 0 Å². The maximum absolute atomic E-state index is 11.9. The van der Waals surface area contributed by atoms with E-state index in [4.69, 9.17) is 9.47 Å². The maximum Gasteiger partial charge on any atom is 0.334 e. The number of hydrogen-bond donors (Lipinski definition) is 1. The van der Waals surface area contributed by atoms with Gasteiger partial charge in [0.05, 0.1) is 18.1 Å². The third kappa shape index (κ3) is 10.0. The minimum Gasteiger partial charge on any atom is -0.493 e. The summed E-state index contributed by atoms with van der Waals surface area (Å²) in [7, 11) is 0. The standard InChI is InChI=1S/C24H44N4O4/c1-6-11-14-25-22-19-21(31-17-12-15-26(7-2)8-3)20-23(24(22)28(29)30)32-18-13-16-27(9-4)10-5/h19-20,25H,6-18H2,1-5H3. The normalized spacial score (nSPS) is 11.2. The quantitative estimate of drug-likeness (QED) is 0.179. The van der Waals surface area contributed by atoms with Crippen LogP contribution in [0, 0.1) is 10.1 Å². The fourth-order valence-electron chi connectivity index (χ4n) is 3.53. The Morgan fingerprint density at radius 2 is 1.44 bits per heavy atom. The molecule has 8 heteroatoms. The van der Waals surface area contributed by atoms with E-state index >= 15 is 0 Å². The van der Waals surface area contributed by atoms with E-state index in [1.165, 1.54) is 0 Å². The van der Waals surface area contributed by atoms with Crippen LogP contribution in [-0.4, -0.2) is 73.8 Å². The molecule has 1 aromatic carbocycles. The molecule has 0 radical (unpaired) electrons. The van der Waals surface area contributed by atoms with Crippen LogP contribution in [0.2, 0.25) is 0 Å². The highest BCUT2D eigenvalue weighted by molar-refractivity contribution is 5.71. The monoisotopic (exact) mass is 452 g/mol. The van der Waals surface area contributed by atoms with Gasteiger partial charge in [-0.25, -0.2) is 0 Å². The molecule has 1 aromatic rings. The van der Waals surface area contributed by atoms with Gasteiger partial charge in [0.1, 0.15) is 11.4 Å². The average molecular weight is 453 g/mol. The van der Waals surface area contributed by atoms with Crippen molar-refractivity contribution in [3.63, 3.8) is 0 Å². The Bertz CT molecular complexity index is 649. The van der Waals surface area contributed by atoms with Crippen molar-refractivity contribution in [2.75, 3.05) is 64.3 Å². The zero-order valence-corrected chi connectivity index (χ0v) is 20.8. The number of anilines is 1. The molecular weight excluding hydrogens is 408 g/mol. The SMILES string of the molecule is CCCCNc1cc(OCCCN(CC)CC)cc(OCCCN(CC)CC)c1[N+](=O)[O-]. The molecule has 1 rings (SSSR count). The fraction of sp³-hybridized carbons (Fsp3) is 0.750. The lowest BCUT2D eigenvalue weighted by Gasteiger charge is -2.19. The van der Waals surface area contributed by atoms with Crippen molar-refractivity contribution in [3.05, 3.63) is 22.2 Å². The Balaban J connectivity index is 2.92. The van der Waals surface area contributed by atoms with Gasteiger partial charge in [0.15, 0.2) is 0 Å². The number of nitrogens with one attached hydrogen (secondary N) is 1. The van der Waals surface area contributed by atoms with Crippen LogP contribution >= 0.6 is 0 Å². The van der Waals surface area contributed by atoms with E-state index in [2.05, 4.69) is 49.7 Å². The summed E-state index contributed by atoms with van der Waals surface area (Å²) in [5, 5.41) is 15.1. The molecule has 0 aliphatic carbocycles. The number of benzene rings is 1. The topological polar surface area (TPSA) is 80.1 Å². The first-order chi connectivity index (χ1) is 15.5. The van der Waals surface area contributed by atoms with Crippen molar-refractivity contribution in [1.82, 2.24) is 9.80 Å². The number of hydrogen-bond acceptors (Lipinski definition) is 7. The van der Waals surface area contributed by atoms with Crippen LogP contribution in [0.5, 0.6) is 11.5 Å². The highest BCUT2D eigenvalue weighted by Crippen LogP contribution is 2.39. The summed E-state index contributed by atoms with van der Waals surface area (Å²) >= 11 is 0. The molecule has 0 saturated carbocycles. The number of nitro groups is 1. The average Bonchev–Trinajstić information content (AvgIpc) is 2.79. The van der Waals surface area contributed by atoms with Gasteiger partial charge in [-0.05, 0) is 45.4 Å². The summed E-state index contributed by atoms with van der Waals surface area (Å²) in [6, 6.07) is 3.39. The van der Waals surface area contributed by atoms with E-state index in [9.17, 15) is 10.1 Å². The Morgan fingerprint density at radius 3 is 1.94 bits per heavy atom. The van der Waals surface area contributed by atoms with Gasteiger partial charge in [-0.3, -0.25) is 10.1 Å². The molecule has 0 bridgehead atoms. The predicted molar refractivity (Wildman–Crippen MR) is 132 cm³/mol. The van der Waals surface area contributed by atoms with Crippen LogP contribution in [0.1, 0.15) is 60.3 Å². The van der Waals surface area contributed by atoms with Gasteiger partial charge < -0.3 is 24.6 Å². The summed E-state index contributed by atoms with van der Waals surface area (Å²) < 4.78 is 11.9. The fourth-order valence-corrected chi connectivity index (χ4v) is 3.53. The lowest BCUT2D eigenvalue weighted by atomic mass is 10.2. The second-order valence-corrected chi connectivity index (χ2v) is 7.81. The van der Waals surface area contributed by atoms with Crippen molar-refractivity contribution in [3.8, 4) is 11.5 Å². The molecule has 184 valence electrons. The van der Waals surface area contributed by atoms with Crippen molar-refractivity contribution in [2.45, 2.75) is 60.3 Å². The van der Waals surface area contributed by atoms with Crippen molar-refractivity contribution in [1.29, 1.82) is 0 Å². The minimum absolute atomic E-state index is 0.0144. The van der Waals surface area contributed by atoms with Crippen LogP contribution in [0.3, 0.4) is 0 Å². The molecule has 0 saturated heterocycles. The minimum atomic E-state index is -0.363. The van der Waals surface area contributed by atoms with Gasteiger partial charge in [0.25, 0.3) is 0 Å². The van der Waals surface area contributed by atoms with Crippen LogP contribution in [0.4, 0.5) is 11.4 Å². The van der Waals surface area contributed by atoms with E-state index in [1.807, 2.05) is 0 Å². The first-order valence-electron chi connectivity index (χ1n) is 12.3. The molecule has 32 heavy (non-hydrogen) atoms. The lowest BCUT2D eigenvalue weighted by molar-refractivity contribution is -0.385. The van der Waals surface area contributed by atoms with Gasteiger partial charge in [0.2, 0.25) is 5.75 Å². The van der Waals surface area contributed by atoms with Gasteiger partial charge >= 0.3 is 5.69 Å². The molecule has 0 fully saturated rings. The molecule has 1 N–H and O–H groups in total. The van der Waals surface area contributed by atoms with E-state index in [-0.39, 0.29) is 16.4 Å². The Labute approximate surface area is 194 Å². The largest absolute Gasteiger partial charge is 0.493 e. The third-order valence-electron chi connectivity index (χ3n) is 5.63.